The van der Waals surface area contributed by atoms with Crippen molar-refractivity contribution < 1.29 is 4.79 Å². The second-order valence-corrected chi connectivity index (χ2v) is 7.50. The fourth-order valence-electron chi connectivity index (χ4n) is 3.54. The molecule has 158 valence electrons. The first-order valence-corrected chi connectivity index (χ1v) is 10.5. The highest BCUT2D eigenvalue weighted by Crippen LogP contribution is 2.16. The van der Waals surface area contributed by atoms with Crippen LogP contribution in [0.15, 0.2) is 71.8 Å². The molecule has 0 saturated carbocycles. The average Bonchev–Trinajstić information content (AvgIpc) is 3.22. The van der Waals surface area contributed by atoms with E-state index >= 15 is 0 Å². The number of benzene rings is 2. The van der Waals surface area contributed by atoms with E-state index < -0.39 is 0 Å². The number of aryl methyl sites for hydroxylation is 1. The van der Waals surface area contributed by atoms with Gasteiger partial charge in [0.15, 0.2) is 5.69 Å². The van der Waals surface area contributed by atoms with Gasteiger partial charge in [0, 0.05) is 18.1 Å². The van der Waals surface area contributed by atoms with Gasteiger partial charge in [0.2, 0.25) is 0 Å². The van der Waals surface area contributed by atoms with Gasteiger partial charge in [-0.15, -0.1) is 0 Å². The minimum Gasteiger partial charge on any atom is -0.318 e. The molecule has 0 unspecified atom stereocenters. The quantitative estimate of drug-likeness (QED) is 0.440. The number of hydrogen-bond donors (Lipinski definition) is 1. The number of hydrogen-bond acceptors (Lipinski definition) is 4. The molecular formula is C24H25N5O2. The van der Waals surface area contributed by atoms with Gasteiger partial charge < -0.3 is 5.32 Å². The Kier molecular flexibility index (Phi) is 6.21. The molecule has 0 saturated heterocycles. The molecule has 1 amide bonds. The van der Waals surface area contributed by atoms with Crippen LogP contribution in [0.1, 0.15) is 42.2 Å². The first-order chi connectivity index (χ1) is 15.2. The van der Waals surface area contributed by atoms with Gasteiger partial charge in [-0.05, 0) is 18.1 Å². The van der Waals surface area contributed by atoms with Gasteiger partial charge in [-0.1, -0.05) is 68.3 Å². The third-order valence-electron chi connectivity index (χ3n) is 5.13. The van der Waals surface area contributed by atoms with E-state index in [1.807, 2.05) is 30.3 Å². The minimum absolute atomic E-state index is 0.168. The van der Waals surface area contributed by atoms with Crippen LogP contribution < -0.4 is 10.9 Å². The lowest BCUT2D eigenvalue weighted by Gasteiger charge is -2.10. The number of carbonyl (C=O) groups is 1. The monoisotopic (exact) mass is 415 g/mol. The van der Waals surface area contributed by atoms with E-state index in [2.05, 4.69) is 22.4 Å². The van der Waals surface area contributed by atoms with Crippen molar-refractivity contribution >= 4 is 22.4 Å². The third kappa shape index (κ3) is 4.71. The lowest BCUT2D eigenvalue weighted by atomic mass is 10.1. The molecule has 0 fully saturated rings. The molecule has 0 aliphatic heterocycles. The van der Waals surface area contributed by atoms with Gasteiger partial charge in [0.25, 0.3) is 11.5 Å². The Balaban J connectivity index is 1.59. The molecule has 2 aromatic carbocycles. The van der Waals surface area contributed by atoms with Crippen molar-refractivity contribution in [2.45, 2.75) is 39.3 Å². The lowest BCUT2D eigenvalue weighted by Crippen LogP contribution is -2.27. The summed E-state index contributed by atoms with van der Waals surface area (Å²) in [5.74, 6) is -0.361. The van der Waals surface area contributed by atoms with Crippen molar-refractivity contribution in [2.75, 3.05) is 5.32 Å². The summed E-state index contributed by atoms with van der Waals surface area (Å²) < 4.78 is 3.17. The maximum Gasteiger partial charge on any atom is 0.276 e. The average molecular weight is 415 g/mol. The second-order valence-electron chi connectivity index (χ2n) is 7.50. The predicted octanol–water partition coefficient (Wildman–Crippen LogP) is 4.08. The smallest absolute Gasteiger partial charge is 0.276 e. The van der Waals surface area contributed by atoms with Crippen LogP contribution in [-0.4, -0.2) is 25.5 Å². The second kappa shape index (κ2) is 9.38. The fraction of sp³-hybridized carbons (Fsp3) is 0.250. The van der Waals surface area contributed by atoms with Crippen LogP contribution in [0.4, 0.5) is 5.69 Å². The highest BCUT2D eigenvalue weighted by Gasteiger charge is 2.17. The minimum atomic E-state index is -0.361. The Hall–Kier alpha value is -3.74. The molecule has 7 nitrogen and oxygen atoms in total. The van der Waals surface area contributed by atoms with Gasteiger partial charge in [0.1, 0.15) is 0 Å². The molecule has 4 rings (SSSR count). The Morgan fingerprint density at radius 3 is 2.52 bits per heavy atom. The number of amides is 1. The summed E-state index contributed by atoms with van der Waals surface area (Å²) in [5, 5.41) is 12.7. The largest absolute Gasteiger partial charge is 0.318 e. The van der Waals surface area contributed by atoms with Crippen LogP contribution >= 0.6 is 0 Å². The summed E-state index contributed by atoms with van der Waals surface area (Å²) in [6.45, 7) is 3.21. The van der Waals surface area contributed by atoms with E-state index in [0.717, 1.165) is 24.8 Å². The molecule has 31 heavy (non-hydrogen) atoms. The number of unbranched alkanes of at least 4 members (excludes halogenated alkanes) is 2. The van der Waals surface area contributed by atoms with Crippen molar-refractivity contribution in [1.29, 1.82) is 0 Å². The zero-order valence-corrected chi connectivity index (χ0v) is 17.5. The highest BCUT2D eigenvalue weighted by molar-refractivity contribution is 6.11. The van der Waals surface area contributed by atoms with E-state index in [0.29, 0.717) is 29.5 Å². The fourth-order valence-corrected chi connectivity index (χ4v) is 3.54. The number of fused-ring (bicyclic) bond motifs is 1. The third-order valence-corrected chi connectivity index (χ3v) is 5.13. The van der Waals surface area contributed by atoms with E-state index in [-0.39, 0.29) is 17.2 Å². The maximum absolute atomic E-state index is 13.1. The van der Waals surface area contributed by atoms with Gasteiger partial charge in [-0.25, -0.2) is 4.68 Å². The van der Waals surface area contributed by atoms with Gasteiger partial charge in [-0.2, -0.15) is 10.2 Å². The maximum atomic E-state index is 13.1. The summed E-state index contributed by atoms with van der Waals surface area (Å²) in [6.07, 6.45) is 6.28. The highest BCUT2D eigenvalue weighted by atomic mass is 16.2. The van der Waals surface area contributed by atoms with Crippen molar-refractivity contribution in [3.8, 4) is 0 Å². The van der Waals surface area contributed by atoms with Crippen LogP contribution in [0.2, 0.25) is 0 Å². The van der Waals surface area contributed by atoms with Crippen molar-refractivity contribution in [2.24, 2.45) is 0 Å². The van der Waals surface area contributed by atoms with E-state index in [4.69, 9.17) is 0 Å². The lowest BCUT2D eigenvalue weighted by molar-refractivity contribution is 0.102. The zero-order chi connectivity index (χ0) is 21.6. The molecule has 0 radical (unpaired) electrons. The van der Waals surface area contributed by atoms with Crippen LogP contribution in [0.25, 0.3) is 10.8 Å². The first kappa shape index (κ1) is 20.5. The Morgan fingerprint density at radius 2 is 1.74 bits per heavy atom. The molecular weight excluding hydrogens is 390 g/mol. The molecule has 4 aromatic rings. The summed E-state index contributed by atoms with van der Waals surface area (Å²) in [5.41, 5.74) is 1.77. The van der Waals surface area contributed by atoms with Crippen LogP contribution in [-0.2, 0) is 13.1 Å². The molecule has 0 atom stereocenters. The van der Waals surface area contributed by atoms with Crippen molar-refractivity contribution in [3.05, 3.63) is 88.6 Å². The standard InChI is InChI=1S/C24H25N5O2/c1-2-3-9-14-29-24(31)21-13-8-7-12-20(21)22(27-29)23(30)26-19-15-25-28(17-19)16-18-10-5-4-6-11-18/h4-8,10-13,15,17H,2-3,9,14,16H2,1H3,(H,26,30). The van der Waals surface area contributed by atoms with Gasteiger partial charge in [0.05, 0.1) is 23.8 Å². The number of anilines is 1. The molecule has 2 heterocycles. The molecule has 7 heteroatoms. The van der Waals surface area contributed by atoms with E-state index in [9.17, 15) is 9.59 Å². The Labute approximate surface area is 180 Å². The predicted molar refractivity (Wildman–Crippen MR) is 121 cm³/mol. The zero-order valence-electron chi connectivity index (χ0n) is 17.5. The number of nitrogens with one attached hydrogen (secondary N) is 1. The molecule has 0 aliphatic carbocycles. The van der Waals surface area contributed by atoms with Crippen LogP contribution in [0.3, 0.4) is 0 Å². The van der Waals surface area contributed by atoms with Gasteiger partial charge in [-0.3, -0.25) is 14.3 Å². The first-order valence-electron chi connectivity index (χ1n) is 10.5. The summed E-state index contributed by atoms with van der Waals surface area (Å²) in [6, 6.07) is 17.1. The van der Waals surface area contributed by atoms with E-state index in [1.165, 1.54) is 4.68 Å². The number of aromatic nitrogens is 4. The SMILES string of the molecule is CCCCCn1nc(C(=O)Nc2cnn(Cc3ccccc3)c2)c2ccccc2c1=O. The number of nitrogens with zero attached hydrogens (tertiary/aromatic N) is 4. The van der Waals surface area contributed by atoms with Crippen LogP contribution in [0.5, 0.6) is 0 Å². The Bertz CT molecular complexity index is 1240. The molecule has 1 N–H and O–H groups in total. The normalized spacial score (nSPS) is 11.0. The van der Waals surface area contributed by atoms with E-state index in [1.54, 1.807) is 41.3 Å². The molecule has 2 aromatic heterocycles. The Morgan fingerprint density at radius 1 is 1.00 bits per heavy atom. The molecule has 0 bridgehead atoms. The summed E-state index contributed by atoms with van der Waals surface area (Å²) in [4.78, 5) is 25.9. The van der Waals surface area contributed by atoms with Crippen molar-refractivity contribution in [3.63, 3.8) is 0 Å². The van der Waals surface area contributed by atoms with Crippen molar-refractivity contribution in [1.82, 2.24) is 19.6 Å². The molecule has 0 aliphatic rings. The summed E-state index contributed by atoms with van der Waals surface area (Å²) >= 11 is 0. The van der Waals surface area contributed by atoms with Gasteiger partial charge >= 0.3 is 0 Å². The topological polar surface area (TPSA) is 81.8 Å². The number of rotatable bonds is 8. The molecule has 0 spiro atoms. The number of carbonyl (C=O) groups excluding carboxylic acids is 1. The summed E-state index contributed by atoms with van der Waals surface area (Å²) in [7, 11) is 0. The van der Waals surface area contributed by atoms with Crippen LogP contribution in [0, 0.1) is 0 Å².